The molecule has 1 aliphatic rings. The van der Waals surface area contributed by atoms with Gasteiger partial charge in [0, 0.05) is 26.2 Å². The van der Waals surface area contributed by atoms with Crippen molar-refractivity contribution >= 4 is 6.09 Å². The van der Waals surface area contributed by atoms with Crippen LogP contribution in [-0.4, -0.2) is 67.1 Å². The second kappa shape index (κ2) is 9.35. The van der Waals surface area contributed by atoms with Gasteiger partial charge in [0.05, 0.1) is 26.0 Å². The van der Waals surface area contributed by atoms with Crippen LogP contribution in [0.15, 0.2) is 30.3 Å². The maximum atomic E-state index is 12.5. The third-order valence-corrected chi connectivity index (χ3v) is 4.31. The average Bonchev–Trinajstić information content (AvgIpc) is 2.56. The van der Waals surface area contributed by atoms with E-state index >= 15 is 0 Å². The Morgan fingerprint density at radius 2 is 1.88 bits per heavy atom. The smallest absolute Gasteiger partial charge is 0.410 e. The first-order valence-electron chi connectivity index (χ1n) is 9.14. The topological polar surface area (TPSA) is 51.2 Å². The first-order valence-corrected chi connectivity index (χ1v) is 9.14. The first-order chi connectivity index (χ1) is 12.3. The molecule has 1 amide bonds. The summed E-state index contributed by atoms with van der Waals surface area (Å²) in [6, 6.07) is 10.3. The number of benzene rings is 1. The van der Waals surface area contributed by atoms with E-state index in [9.17, 15) is 4.79 Å². The minimum Gasteiger partial charge on any atom is -0.444 e. The molecule has 26 heavy (non-hydrogen) atoms. The predicted molar refractivity (Wildman–Crippen MR) is 101 cm³/mol. The fraction of sp³-hybridized carbons (Fsp3) is 0.650. The maximum Gasteiger partial charge on any atom is 0.410 e. The second-order valence-electron chi connectivity index (χ2n) is 7.83. The number of ether oxygens (including phenoxy) is 3. The van der Waals surface area contributed by atoms with Crippen LogP contribution in [0.5, 0.6) is 0 Å². The molecular weight excluding hydrogens is 332 g/mol. The highest BCUT2D eigenvalue weighted by Crippen LogP contribution is 2.19. The third kappa shape index (κ3) is 6.27. The van der Waals surface area contributed by atoms with Crippen molar-refractivity contribution in [3.8, 4) is 0 Å². The van der Waals surface area contributed by atoms with Crippen LogP contribution in [0.4, 0.5) is 4.79 Å². The zero-order valence-electron chi connectivity index (χ0n) is 16.6. The van der Waals surface area contributed by atoms with Crippen molar-refractivity contribution in [2.45, 2.75) is 52.0 Å². The Morgan fingerprint density at radius 1 is 1.19 bits per heavy atom. The highest BCUT2D eigenvalue weighted by molar-refractivity contribution is 5.68. The van der Waals surface area contributed by atoms with E-state index in [1.807, 2.05) is 45.9 Å². The van der Waals surface area contributed by atoms with Gasteiger partial charge in [0.1, 0.15) is 5.60 Å². The summed E-state index contributed by atoms with van der Waals surface area (Å²) >= 11 is 0. The van der Waals surface area contributed by atoms with Gasteiger partial charge < -0.3 is 19.1 Å². The van der Waals surface area contributed by atoms with Crippen LogP contribution in [0.2, 0.25) is 0 Å². The molecule has 1 saturated heterocycles. The number of hydrogen-bond donors (Lipinski definition) is 0. The Hall–Kier alpha value is -1.63. The van der Waals surface area contributed by atoms with Crippen molar-refractivity contribution in [2.24, 2.45) is 0 Å². The van der Waals surface area contributed by atoms with Gasteiger partial charge in [0.15, 0.2) is 0 Å². The van der Waals surface area contributed by atoms with Gasteiger partial charge in [-0.15, -0.1) is 0 Å². The zero-order chi connectivity index (χ0) is 19.2. The zero-order valence-corrected chi connectivity index (χ0v) is 16.6. The lowest BCUT2D eigenvalue weighted by molar-refractivity contribution is -0.0721. The van der Waals surface area contributed by atoms with E-state index in [0.29, 0.717) is 26.5 Å². The molecule has 1 aliphatic heterocycles. The van der Waals surface area contributed by atoms with Gasteiger partial charge in [-0.05, 0) is 33.3 Å². The number of piperazine rings is 1. The molecule has 1 fully saturated rings. The van der Waals surface area contributed by atoms with Gasteiger partial charge >= 0.3 is 6.09 Å². The lowest BCUT2D eigenvalue weighted by Crippen LogP contribution is -2.61. The number of rotatable bonds is 6. The molecule has 0 aliphatic carbocycles. The Bertz CT molecular complexity index is 559. The van der Waals surface area contributed by atoms with Crippen molar-refractivity contribution in [1.82, 2.24) is 9.80 Å². The standard InChI is InChI=1S/C20H32N2O4/c1-16-11-21(15-25-13-17-9-7-6-8-10-17)18(14-24-5)12-22(16)19(23)26-20(2,3)4/h6-10,16,18H,11-15H2,1-5H3/t16-,18-/m1/s1. The monoisotopic (exact) mass is 364 g/mol. The van der Waals surface area contributed by atoms with Gasteiger partial charge in [-0.25, -0.2) is 4.79 Å². The molecule has 6 heteroatoms. The summed E-state index contributed by atoms with van der Waals surface area (Å²) in [6.45, 7) is 10.6. The minimum atomic E-state index is -0.497. The summed E-state index contributed by atoms with van der Waals surface area (Å²) in [6.07, 6.45) is -0.268. The molecule has 2 rings (SSSR count). The van der Waals surface area contributed by atoms with E-state index in [0.717, 1.165) is 12.1 Å². The fourth-order valence-corrected chi connectivity index (χ4v) is 3.05. The Kier molecular flexibility index (Phi) is 7.43. The number of nitrogens with zero attached hydrogens (tertiary/aromatic N) is 2. The van der Waals surface area contributed by atoms with Crippen molar-refractivity contribution in [2.75, 3.05) is 33.5 Å². The second-order valence-corrected chi connectivity index (χ2v) is 7.83. The quantitative estimate of drug-likeness (QED) is 0.776. The van der Waals surface area contributed by atoms with E-state index in [4.69, 9.17) is 14.2 Å². The molecule has 1 aromatic carbocycles. The molecule has 146 valence electrons. The molecule has 0 aromatic heterocycles. The summed E-state index contributed by atoms with van der Waals surface area (Å²) in [7, 11) is 1.68. The first kappa shape index (κ1) is 20.7. The molecule has 0 saturated carbocycles. The molecule has 2 atom stereocenters. The summed E-state index contributed by atoms with van der Waals surface area (Å²) < 4.78 is 16.8. The van der Waals surface area contributed by atoms with Gasteiger partial charge in [0.25, 0.3) is 0 Å². The SMILES string of the molecule is COC[C@H]1CN(C(=O)OC(C)(C)C)[C@H](C)CN1COCc1ccccc1. The third-order valence-electron chi connectivity index (χ3n) is 4.31. The average molecular weight is 364 g/mol. The van der Waals surface area contributed by atoms with Crippen LogP contribution in [0.1, 0.15) is 33.3 Å². The van der Waals surface area contributed by atoms with E-state index in [-0.39, 0.29) is 18.2 Å². The van der Waals surface area contributed by atoms with Crippen molar-refractivity contribution < 1.29 is 19.0 Å². The Labute approximate surface area is 157 Å². The van der Waals surface area contributed by atoms with Gasteiger partial charge in [0.2, 0.25) is 0 Å². The predicted octanol–water partition coefficient (Wildman–Crippen LogP) is 3.12. The number of methoxy groups -OCH3 is 1. The van der Waals surface area contributed by atoms with E-state index in [2.05, 4.69) is 17.0 Å². The number of amides is 1. The molecule has 0 unspecified atom stereocenters. The number of hydrogen-bond acceptors (Lipinski definition) is 5. The van der Waals surface area contributed by atoms with E-state index < -0.39 is 5.60 Å². The van der Waals surface area contributed by atoms with Crippen LogP contribution in [0, 0.1) is 0 Å². The van der Waals surface area contributed by atoms with Crippen LogP contribution >= 0.6 is 0 Å². The van der Waals surface area contributed by atoms with Gasteiger partial charge in [-0.2, -0.15) is 0 Å². The molecule has 0 radical (unpaired) electrons. The largest absolute Gasteiger partial charge is 0.444 e. The van der Waals surface area contributed by atoms with Crippen molar-refractivity contribution in [3.05, 3.63) is 35.9 Å². The molecule has 0 N–H and O–H groups in total. The summed E-state index contributed by atoms with van der Waals surface area (Å²) in [4.78, 5) is 16.5. The number of carbonyl (C=O) groups is 1. The summed E-state index contributed by atoms with van der Waals surface area (Å²) in [5, 5.41) is 0. The number of carbonyl (C=O) groups excluding carboxylic acids is 1. The summed E-state index contributed by atoms with van der Waals surface area (Å²) in [5.41, 5.74) is 0.653. The Morgan fingerprint density at radius 3 is 2.50 bits per heavy atom. The Balaban J connectivity index is 1.93. The molecule has 0 spiro atoms. The molecule has 1 heterocycles. The highest BCUT2D eigenvalue weighted by atomic mass is 16.6. The van der Waals surface area contributed by atoms with E-state index in [1.165, 1.54) is 0 Å². The molecule has 1 aromatic rings. The van der Waals surface area contributed by atoms with Crippen LogP contribution in [0.25, 0.3) is 0 Å². The normalized spacial score (nSPS) is 21.7. The van der Waals surface area contributed by atoms with Crippen molar-refractivity contribution in [3.63, 3.8) is 0 Å². The van der Waals surface area contributed by atoms with Crippen LogP contribution < -0.4 is 0 Å². The highest BCUT2D eigenvalue weighted by Gasteiger charge is 2.36. The lowest BCUT2D eigenvalue weighted by Gasteiger charge is -2.44. The van der Waals surface area contributed by atoms with Crippen LogP contribution in [0.3, 0.4) is 0 Å². The van der Waals surface area contributed by atoms with Crippen molar-refractivity contribution in [1.29, 1.82) is 0 Å². The van der Waals surface area contributed by atoms with E-state index in [1.54, 1.807) is 12.0 Å². The van der Waals surface area contributed by atoms with Gasteiger partial charge in [-0.1, -0.05) is 30.3 Å². The molecular formula is C20H32N2O4. The fourth-order valence-electron chi connectivity index (χ4n) is 3.05. The minimum absolute atomic E-state index is 0.0540. The summed E-state index contributed by atoms with van der Waals surface area (Å²) in [5.74, 6) is 0. The van der Waals surface area contributed by atoms with Gasteiger partial charge in [-0.3, -0.25) is 4.90 Å². The molecule has 0 bridgehead atoms. The maximum absolute atomic E-state index is 12.5. The van der Waals surface area contributed by atoms with Crippen LogP contribution in [-0.2, 0) is 20.8 Å². The lowest BCUT2D eigenvalue weighted by atomic mass is 10.1. The molecule has 6 nitrogen and oxygen atoms in total.